The molecular weight excluding hydrogens is 354 g/mol. The minimum atomic E-state index is -0.255. The highest BCUT2D eigenvalue weighted by molar-refractivity contribution is 8.00. The van der Waals surface area contributed by atoms with E-state index in [1.54, 1.807) is 18.9 Å². The quantitative estimate of drug-likeness (QED) is 0.837. The first-order chi connectivity index (χ1) is 12.5. The Bertz CT molecular complexity index is 872. The lowest BCUT2D eigenvalue weighted by Crippen LogP contribution is -2.17. The van der Waals surface area contributed by atoms with Gasteiger partial charge in [0.05, 0.1) is 30.3 Å². The van der Waals surface area contributed by atoms with Gasteiger partial charge in [-0.3, -0.25) is 19.4 Å². The van der Waals surface area contributed by atoms with Crippen LogP contribution in [0.4, 0.5) is 5.82 Å². The maximum absolute atomic E-state index is 12.7. The fourth-order valence-electron chi connectivity index (χ4n) is 3.12. The van der Waals surface area contributed by atoms with Gasteiger partial charge in [0, 0.05) is 18.7 Å². The molecule has 1 aliphatic heterocycles. The van der Waals surface area contributed by atoms with Crippen LogP contribution in [-0.4, -0.2) is 35.7 Å². The molecule has 7 nitrogen and oxygen atoms in total. The number of carbonyl (C=O) groups is 1. The lowest BCUT2D eigenvalue weighted by Gasteiger charge is -2.17. The highest BCUT2D eigenvalue weighted by Gasteiger charge is 2.31. The summed E-state index contributed by atoms with van der Waals surface area (Å²) in [6.07, 6.45) is 0. The largest absolute Gasteiger partial charge is 0.496 e. The van der Waals surface area contributed by atoms with Gasteiger partial charge in [-0.25, -0.2) is 0 Å². The van der Waals surface area contributed by atoms with E-state index in [-0.39, 0.29) is 28.5 Å². The fraction of sp³-hybridized carbons (Fsp3) is 0.444. The Labute approximate surface area is 156 Å². The van der Waals surface area contributed by atoms with Crippen LogP contribution in [0, 0.1) is 0 Å². The van der Waals surface area contributed by atoms with Crippen molar-refractivity contribution in [2.45, 2.75) is 31.7 Å². The molecule has 1 aromatic carbocycles. The lowest BCUT2D eigenvalue weighted by atomic mass is 10.0. The van der Waals surface area contributed by atoms with E-state index in [9.17, 15) is 9.59 Å². The number of fused-ring (bicyclic) bond motifs is 1. The smallest absolute Gasteiger partial charge is 0.270 e. The standard InChI is InChI=1S/C18H23N3O4S/c1-10(2)21-17-15(18(23)20-21)16(26-9-14(22)19-17)11-5-6-13(25-4)12(7-11)8-24-3/h5-7,10,16H,8-9H2,1-4H3,(H,19,22)(H,20,23)/t16-/m1/s1. The number of ether oxygens (including phenoxy) is 2. The number of aromatic nitrogens is 2. The summed E-state index contributed by atoms with van der Waals surface area (Å²) in [6, 6.07) is 5.81. The third-order valence-electron chi connectivity index (χ3n) is 4.29. The van der Waals surface area contributed by atoms with Crippen LogP contribution in [0.3, 0.4) is 0 Å². The van der Waals surface area contributed by atoms with Crippen LogP contribution in [0.1, 0.15) is 41.8 Å². The van der Waals surface area contributed by atoms with E-state index in [0.717, 1.165) is 16.9 Å². The molecule has 140 valence electrons. The van der Waals surface area contributed by atoms with Crippen LogP contribution < -0.4 is 15.6 Å². The molecule has 1 aliphatic rings. The summed E-state index contributed by atoms with van der Waals surface area (Å²) in [6.45, 7) is 4.32. The van der Waals surface area contributed by atoms with Gasteiger partial charge in [-0.15, -0.1) is 11.8 Å². The van der Waals surface area contributed by atoms with E-state index in [1.165, 1.54) is 11.8 Å². The second-order valence-electron chi connectivity index (χ2n) is 6.41. The molecule has 8 heteroatoms. The molecule has 1 amide bonds. The Kier molecular flexibility index (Phi) is 5.43. The summed E-state index contributed by atoms with van der Waals surface area (Å²) >= 11 is 1.44. The number of nitrogens with one attached hydrogen (secondary N) is 2. The molecule has 0 saturated carbocycles. The number of rotatable bonds is 5. The van der Waals surface area contributed by atoms with Crippen molar-refractivity contribution >= 4 is 23.5 Å². The molecule has 0 saturated heterocycles. The van der Waals surface area contributed by atoms with Gasteiger partial charge >= 0.3 is 0 Å². The summed E-state index contributed by atoms with van der Waals surface area (Å²) in [7, 11) is 3.24. The van der Waals surface area contributed by atoms with E-state index in [4.69, 9.17) is 9.47 Å². The normalized spacial score (nSPS) is 17.0. The number of benzene rings is 1. The highest BCUT2D eigenvalue weighted by atomic mass is 32.2. The molecule has 0 unspecified atom stereocenters. The minimum Gasteiger partial charge on any atom is -0.496 e. The molecular formula is C18H23N3O4S. The zero-order chi connectivity index (χ0) is 18.8. The molecule has 2 N–H and O–H groups in total. The number of nitrogens with zero attached hydrogens (tertiary/aromatic N) is 1. The number of thioether (sulfide) groups is 1. The van der Waals surface area contributed by atoms with Crippen molar-refractivity contribution in [3.8, 4) is 5.75 Å². The molecule has 1 atom stereocenters. The molecule has 0 radical (unpaired) electrons. The molecule has 0 fully saturated rings. The molecule has 0 bridgehead atoms. The van der Waals surface area contributed by atoms with E-state index in [1.807, 2.05) is 32.0 Å². The predicted molar refractivity (Wildman–Crippen MR) is 102 cm³/mol. The van der Waals surface area contributed by atoms with E-state index < -0.39 is 0 Å². The first kappa shape index (κ1) is 18.6. The molecule has 2 heterocycles. The van der Waals surface area contributed by atoms with Crippen molar-refractivity contribution in [2.75, 3.05) is 25.3 Å². The summed E-state index contributed by atoms with van der Waals surface area (Å²) < 4.78 is 12.4. The minimum absolute atomic E-state index is 0.0235. The fourth-order valence-corrected chi connectivity index (χ4v) is 4.24. The molecule has 3 rings (SSSR count). The summed E-state index contributed by atoms with van der Waals surface area (Å²) in [4.78, 5) is 24.9. The van der Waals surface area contributed by atoms with Crippen LogP contribution in [-0.2, 0) is 16.1 Å². The van der Waals surface area contributed by atoms with Gasteiger partial charge in [0.2, 0.25) is 5.91 Å². The first-order valence-electron chi connectivity index (χ1n) is 8.37. The SMILES string of the molecule is COCc1cc([C@H]2SCC(=O)Nc3c2c(=O)[nH]n3C(C)C)ccc1OC. The van der Waals surface area contributed by atoms with Gasteiger partial charge in [0.15, 0.2) is 0 Å². The van der Waals surface area contributed by atoms with Crippen LogP contribution in [0.2, 0.25) is 0 Å². The number of methoxy groups -OCH3 is 2. The number of aromatic amines is 1. The third-order valence-corrected chi connectivity index (χ3v) is 5.56. The average molecular weight is 377 g/mol. The van der Waals surface area contributed by atoms with Gasteiger partial charge < -0.3 is 14.8 Å². The summed E-state index contributed by atoms with van der Waals surface area (Å²) in [5, 5.41) is 5.47. The van der Waals surface area contributed by atoms with Crippen molar-refractivity contribution in [1.29, 1.82) is 0 Å². The molecule has 0 spiro atoms. The number of anilines is 1. The number of hydrogen-bond acceptors (Lipinski definition) is 5. The van der Waals surface area contributed by atoms with Gasteiger partial charge in [0.25, 0.3) is 5.56 Å². The zero-order valence-electron chi connectivity index (χ0n) is 15.3. The monoisotopic (exact) mass is 377 g/mol. The maximum atomic E-state index is 12.7. The Morgan fingerprint density at radius 1 is 1.31 bits per heavy atom. The number of carbonyl (C=O) groups excluding carboxylic acids is 1. The Morgan fingerprint density at radius 2 is 2.08 bits per heavy atom. The van der Waals surface area contributed by atoms with E-state index in [0.29, 0.717) is 18.0 Å². The molecule has 26 heavy (non-hydrogen) atoms. The Morgan fingerprint density at radius 3 is 2.73 bits per heavy atom. The van der Waals surface area contributed by atoms with Gasteiger partial charge in [-0.05, 0) is 31.5 Å². The predicted octanol–water partition coefficient (Wildman–Crippen LogP) is 2.69. The van der Waals surface area contributed by atoms with Gasteiger partial charge in [-0.1, -0.05) is 6.07 Å². The van der Waals surface area contributed by atoms with Gasteiger partial charge in [0.1, 0.15) is 11.6 Å². The highest BCUT2D eigenvalue weighted by Crippen LogP contribution is 2.41. The third kappa shape index (κ3) is 3.39. The van der Waals surface area contributed by atoms with E-state index >= 15 is 0 Å². The van der Waals surface area contributed by atoms with Crippen molar-refractivity contribution in [2.24, 2.45) is 0 Å². The Balaban J connectivity index is 2.14. The van der Waals surface area contributed by atoms with E-state index in [2.05, 4.69) is 10.4 Å². The average Bonchev–Trinajstić information content (AvgIpc) is 2.82. The topological polar surface area (TPSA) is 85.4 Å². The zero-order valence-corrected chi connectivity index (χ0v) is 16.1. The van der Waals surface area contributed by atoms with Crippen molar-refractivity contribution in [3.05, 3.63) is 45.2 Å². The number of hydrogen-bond donors (Lipinski definition) is 2. The maximum Gasteiger partial charge on any atom is 0.270 e. The second-order valence-corrected chi connectivity index (χ2v) is 7.50. The van der Waals surface area contributed by atoms with Crippen LogP contribution in [0.15, 0.2) is 23.0 Å². The van der Waals surface area contributed by atoms with Crippen LogP contribution in [0.5, 0.6) is 5.75 Å². The van der Waals surface area contributed by atoms with Crippen molar-refractivity contribution in [3.63, 3.8) is 0 Å². The second kappa shape index (κ2) is 7.59. The molecule has 1 aromatic heterocycles. The van der Waals surface area contributed by atoms with Crippen LogP contribution in [0.25, 0.3) is 0 Å². The lowest BCUT2D eigenvalue weighted by molar-refractivity contribution is -0.113. The van der Waals surface area contributed by atoms with Gasteiger partial charge in [-0.2, -0.15) is 0 Å². The van der Waals surface area contributed by atoms with Crippen LogP contribution >= 0.6 is 11.8 Å². The molecule has 2 aromatic rings. The first-order valence-corrected chi connectivity index (χ1v) is 9.42. The number of H-pyrrole nitrogens is 1. The summed E-state index contributed by atoms with van der Waals surface area (Å²) in [5.41, 5.74) is 2.23. The summed E-state index contributed by atoms with van der Waals surface area (Å²) in [5.74, 6) is 1.45. The Hall–Kier alpha value is -2.19. The van der Waals surface area contributed by atoms with Crippen molar-refractivity contribution in [1.82, 2.24) is 9.78 Å². The van der Waals surface area contributed by atoms with Crippen molar-refractivity contribution < 1.29 is 14.3 Å². The molecule has 0 aliphatic carbocycles. The number of amides is 1.